The average molecular weight is 652 g/mol. The van der Waals surface area contributed by atoms with Gasteiger partial charge in [-0.05, 0) is 63.5 Å². The summed E-state index contributed by atoms with van der Waals surface area (Å²) in [5.41, 5.74) is 0.722. The number of hydrogen-bond acceptors (Lipinski definition) is 7. The van der Waals surface area contributed by atoms with Crippen LogP contribution in [0.15, 0.2) is 35.1 Å². The fraction of sp³-hybridized carbons (Fsp3) is 0.657. The first-order chi connectivity index (χ1) is 22.3. The summed E-state index contributed by atoms with van der Waals surface area (Å²) < 4.78 is 1.69. The zero-order chi connectivity index (χ0) is 34.0. The number of piperidine rings is 1. The number of aliphatic hydroxyl groups excluding tert-OH is 1. The minimum absolute atomic E-state index is 0.00781. The minimum atomic E-state index is -0.685. The molecule has 3 fully saturated rings. The number of likely N-dealkylation sites (tertiary alicyclic amines) is 1. The van der Waals surface area contributed by atoms with E-state index in [0.717, 1.165) is 56.1 Å². The topological polar surface area (TPSA) is 122 Å². The van der Waals surface area contributed by atoms with Crippen molar-refractivity contribution in [1.29, 1.82) is 0 Å². The van der Waals surface area contributed by atoms with Crippen LogP contribution in [0.4, 0.5) is 4.79 Å². The Labute approximate surface area is 278 Å². The van der Waals surface area contributed by atoms with Crippen LogP contribution in [0.5, 0.6) is 0 Å². The predicted molar refractivity (Wildman–Crippen MR) is 183 cm³/mol. The highest BCUT2D eigenvalue weighted by Crippen LogP contribution is 2.36. The van der Waals surface area contributed by atoms with Crippen molar-refractivity contribution in [2.24, 2.45) is 0 Å². The van der Waals surface area contributed by atoms with Gasteiger partial charge in [-0.15, -0.1) is 0 Å². The highest BCUT2D eigenvalue weighted by atomic mass is 16.3. The molecule has 5 atom stereocenters. The lowest BCUT2D eigenvalue weighted by Gasteiger charge is -2.40. The molecule has 0 saturated carbocycles. The van der Waals surface area contributed by atoms with Gasteiger partial charge in [-0.3, -0.25) is 24.2 Å². The molecule has 2 aromatic rings. The fourth-order valence-electron chi connectivity index (χ4n) is 7.91. The molecule has 4 amide bonds. The van der Waals surface area contributed by atoms with Gasteiger partial charge >= 0.3 is 6.03 Å². The third-order valence-electron chi connectivity index (χ3n) is 10.4. The Bertz CT molecular complexity index is 1490. The second-order valence-corrected chi connectivity index (χ2v) is 14.3. The molecule has 3 saturated heterocycles. The zero-order valence-electron chi connectivity index (χ0n) is 28.9. The molecular formula is C35H53N7O5. The highest BCUT2D eigenvalue weighted by Gasteiger charge is 2.42. The van der Waals surface area contributed by atoms with E-state index in [2.05, 4.69) is 15.1 Å². The van der Waals surface area contributed by atoms with E-state index >= 15 is 0 Å². The molecule has 0 radical (unpaired) electrons. The van der Waals surface area contributed by atoms with Crippen LogP contribution < -0.4 is 10.9 Å². The van der Waals surface area contributed by atoms with Crippen LogP contribution in [0.25, 0.3) is 10.9 Å². The number of amides is 4. The van der Waals surface area contributed by atoms with E-state index in [1.165, 1.54) is 0 Å². The number of nitrogens with zero attached hydrogens (tertiary/aromatic N) is 6. The molecule has 2 N–H and O–H groups in total. The summed E-state index contributed by atoms with van der Waals surface area (Å²) in [5.74, 6) is -0.389. The van der Waals surface area contributed by atoms with E-state index in [1.54, 1.807) is 46.4 Å². The van der Waals surface area contributed by atoms with E-state index in [0.29, 0.717) is 19.6 Å². The number of pyridine rings is 1. The first kappa shape index (κ1) is 34.8. The minimum Gasteiger partial charge on any atom is -0.390 e. The number of para-hydroxylation sites is 1. The average Bonchev–Trinajstić information content (AvgIpc) is 3.58. The van der Waals surface area contributed by atoms with E-state index in [-0.39, 0.29) is 65.7 Å². The second kappa shape index (κ2) is 14.7. The molecule has 0 spiro atoms. The molecule has 0 aliphatic carbocycles. The molecule has 4 heterocycles. The lowest BCUT2D eigenvalue weighted by atomic mass is 9.96. The number of carbonyl (C=O) groups excluding carboxylic acids is 3. The number of carbonyl (C=O) groups is 3. The van der Waals surface area contributed by atoms with Crippen molar-refractivity contribution < 1.29 is 19.5 Å². The monoisotopic (exact) mass is 651 g/mol. The van der Waals surface area contributed by atoms with E-state index < -0.39 is 6.10 Å². The van der Waals surface area contributed by atoms with Gasteiger partial charge < -0.3 is 29.7 Å². The summed E-state index contributed by atoms with van der Waals surface area (Å²) in [6.07, 6.45) is 3.73. The highest BCUT2D eigenvalue weighted by molar-refractivity contribution is 5.97. The van der Waals surface area contributed by atoms with Crippen molar-refractivity contribution in [3.8, 4) is 0 Å². The Balaban J connectivity index is 1.13. The quantitative estimate of drug-likeness (QED) is 0.382. The van der Waals surface area contributed by atoms with Gasteiger partial charge in [-0.25, -0.2) is 4.79 Å². The Morgan fingerprint density at radius 3 is 2.36 bits per heavy atom. The molecule has 3 aliphatic heterocycles. The van der Waals surface area contributed by atoms with Crippen LogP contribution in [-0.2, 0) is 4.79 Å². The maximum absolute atomic E-state index is 13.5. The summed E-state index contributed by atoms with van der Waals surface area (Å²) in [6.45, 7) is 9.06. The molecule has 2 bridgehead atoms. The van der Waals surface area contributed by atoms with Gasteiger partial charge in [0.15, 0.2) is 0 Å². The van der Waals surface area contributed by atoms with E-state index in [4.69, 9.17) is 0 Å². The van der Waals surface area contributed by atoms with Crippen LogP contribution >= 0.6 is 0 Å². The number of aliphatic hydroxyl groups is 1. The number of fused-ring (bicyclic) bond motifs is 3. The van der Waals surface area contributed by atoms with Gasteiger partial charge in [0.25, 0.3) is 11.5 Å². The summed E-state index contributed by atoms with van der Waals surface area (Å²) in [5, 5.41) is 15.2. The van der Waals surface area contributed by atoms with Gasteiger partial charge in [0, 0.05) is 97.5 Å². The molecule has 47 heavy (non-hydrogen) atoms. The number of aromatic nitrogens is 1. The molecule has 12 nitrogen and oxygen atoms in total. The number of nitrogens with one attached hydrogen (secondary N) is 1. The number of rotatable bonds is 11. The third kappa shape index (κ3) is 7.81. The lowest BCUT2D eigenvalue weighted by Crippen LogP contribution is -2.54. The van der Waals surface area contributed by atoms with Gasteiger partial charge in [0.05, 0.1) is 11.6 Å². The Kier molecular flexibility index (Phi) is 10.9. The van der Waals surface area contributed by atoms with Crippen LogP contribution in [0.3, 0.4) is 0 Å². The maximum Gasteiger partial charge on any atom is 0.319 e. The maximum atomic E-state index is 13.5. The number of benzene rings is 1. The first-order valence-corrected chi connectivity index (χ1v) is 17.1. The molecule has 3 aliphatic rings. The van der Waals surface area contributed by atoms with Gasteiger partial charge in [-0.1, -0.05) is 18.2 Å². The Morgan fingerprint density at radius 1 is 1.04 bits per heavy atom. The summed E-state index contributed by atoms with van der Waals surface area (Å²) in [7, 11) is 5.35. The van der Waals surface area contributed by atoms with Gasteiger partial charge in [0.2, 0.25) is 5.91 Å². The number of likely N-dealkylation sites (N-methyl/N-ethyl adjacent to an activating group) is 1. The molecule has 1 aromatic carbocycles. The first-order valence-electron chi connectivity index (χ1n) is 17.1. The van der Waals surface area contributed by atoms with Crippen molar-refractivity contribution in [1.82, 2.24) is 34.4 Å². The molecular weight excluding hydrogens is 598 g/mol. The van der Waals surface area contributed by atoms with Crippen LogP contribution in [0.2, 0.25) is 0 Å². The summed E-state index contributed by atoms with van der Waals surface area (Å²) >= 11 is 0. The lowest BCUT2D eigenvalue weighted by molar-refractivity contribution is -0.130. The standard InChI is InChI=1S/C35H53N7O5/c1-23(2)42-32-10-8-7-9-25(32)17-31(34(42)46)33(45)36-26-18-27-11-12-28(19-26)41(27)22-30(44)21-40(24(3)43)16-15-39-14-13-29(20-39)38(6)35(47)37(4)5/h7-10,17,23,26-30,44H,11-16,18-22H2,1-6H3,(H,36,45)/t26?,27-,28+,29?,30?. The molecule has 1 aromatic heterocycles. The molecule has 12 heteroatoms. The smallest absolute Gasteiger partial charge is 0.319 e. The van der Waals surface area contributed by atoms with Gasteiger partial charge in [-0.2, -0.15) is 0 Å². The van der Waals surface area contributed by atoms with Gasteiger partial charge in [0.1, 0.15) is 5.56 Å². The summed E-state index contributed by atoms with van der Waals surface area (Å²) in [6, 6.07) is 9.84. The number of urea groups is 1. The Hall–Kier alpha value is -3.48. The molecule has 5 rings (SSSR count). The van der Waals surface area contributed by atoms with Crippen molar-refractivity contribution in [3.63, 3.8) is 0 Å². The van der Waals surface area contributed by atoms with Crippen LogP contribution in [0, 0.1) is 0 Å². The molecule has 3 unspecified atom stereocenters. The Morgan fingerprint density at radius 2 is 1.72 bits per heavy atom. The summed E-state index contributed by atoms with van der Waals surface area (Å²) in [4.78, 5) is 61.5. The van der Waals surface area contributed by atoms with Crippen LogP contribution in [-0.4, -0.2) is 143 Å². The van der Waals surface area contributed by atoms with Crippen molar-refractivity contribution in [3.05, 3.63) is 46.2 Å². The van der Waals surface area contributed by atoms with Crippen molar-refractivity contribution in [2.45, 2.75) is 89.2 Å². The zero-order valence-corrected chi connectivity index (χ0v) is 28.9. The van der Waals surface area contributed by atoms with Crippen molar-refractivity contribution in [2.75, 3.05) is 60.4 Å². The third-order valence-corrected chi connectivity index (χ3v) is 10.4. The largest absolute Gasteiger partial charge is 0.390 e. The van der Waals surface area contributed by atoms with E-state index in [9.17, 15) is 24.3 Å². The number of hydrogen-bond donors (Lipinski definition) is 2. The van der Waals surface area contributed by atoms with E-state index in [1.807, 2.05) is 45.2 Å². The molecule has 258 valence electrons. The normalized spacial score (nSPS) is 23.7. The fourth-order valence-corrected chi connectivity index (χ4v) is 7.91. The van der Waals surface area contributed by atoms with Crippen molar-refractivity contribution >= 4 is 28.7 Å². The second-order valence-electron chi connectivity index (χ2n) is 14.3. The van der Waals surface area contributed by atoms with Crippen LogP contribution in [0.1, 0.15) is 69.3 Å². The predicted octanol–water partition coefficient (Wildman–Crippen LogP) is 2.20. The SMILES string of the molecule is CC(=O)N(CCN1CCC(N(C)C(=O)N(C)C)C1)CC(O)CN1[C@@H]2CC[C@H]1CC(NC(=O)c1cc3ccccc3n(C(C)C)c1=O)C2.